The smallest absolute Gasteiger partial charge is 0.303 e. The summed E-state index contributed by atoms with van der Waals surface area (Å²) in [5.41, 5.74) is 0. The Bertz CT molecular complexity index is 227. The van der Waals surface area contributed by atoms with Gasteiger partial charge in [-0.2, -0.15) is 11.8 Å². The van der Waals surface area contributed by atoms with Crippen molar-refractivity contribution >= 4 is 23.6 Å². The van der Waals surface area contributed by atoms with Gasteiger partial charge in [0, 0.05) is 24.6 Å². The van der Waals surface area contributed by atoms with Crippen molar-refractivity contribution in [2.24, 2.45) is 5.92 Å². The predicted octanol–water partition coefficient (Wildman–Crippen LogP) is 1.11. The van der Waals surface area contributed by atoms with Gasteiger partial charge in [0.25, 0.3) is 0 Å². The lowest BCUT2D eigenvalue weighted by molar-refractivity contribution is -0.137. The van der Waals surface area contributed by atoms with Crippen molar-refractivity contribution in [2.75, 3.05) is 18.1 Å². The van der Waals surface area contributed by atoms with E-state index in [4.69, 9.17) is 5.11 Å². The fourth-order valence-corrected chi connectivity index (χ4v) is 2.72. The summed E-state index contributed by atoms with van der Waals surface area (Å²) in [5.74, 6) is 1.55. The molecule has 0 aliphatic carbocycles. The molecular weight excluding hydrogens is 214 g/mol. The molecule has 0 spiro atoms. The number of carboxylic acid groups (broad SMARTS) is 1. The molecule has 1 atom stereocenters. The van der Waals surface area contributed by atoms with Gasteiger partial charge in [0.2, 0.25) is 5.91 Å². The lowest BCUT2D eigenvalue weighted by atomic mass is 10.1. The number of hydrogen-bond donors (Lipinski definition) is 2. The van der Waals surface area contributed by atoms with Crippen LogP contribution in [0.15, 0.2) is 0 Å². The first-order chi connectivity index (χ1) is 7.20. The molecule has 2 N–H and O–H groups in total. The molecule has 0 aromatic rings. The number of carboxylic acids is 1. The van der Waals surface area contributed by atoms with Crippen molar-refractivity contribution in [3.05, 3.63) is 0 Å². The van der Waals surface area contributed by atoms with E-state index in [-0.39, 0.29) is 18.2 Å². The van der Waals surface area contributed by atoms with Crippen LogP contribution < -0.4 is 5.32 Å². The lowest BCUT2D eigenvalue weighted by Gasteiger charge is -2.08. The fraction of sp³-hybridized carbons (Fsp3) is 0.800. The number of nitrogens with one attached hydrogen (secondary N) is 1. The van der Waals surface area contributed by atoms with Gasteiger partial charge in [-0.15, -0.1) is 0 Å². The summed E-state index contributed by atoms with van der Waals surface area (Å²) in [5, 5.41) is 11.3. The first-order valence-electron chi connectivity index (χ1n) is 5.27. The van der Waals surface area contributed by atoms with Crippen LogP contribution in [0.25, 0.3) is 0 Å². The van der Waals surface area contributed by atoms with E-state index in [1.54, 1.807) is 0 Å². The average Bonchev–Trinajstić information content (AvgIpc) is 2.69. The zero-order valence-corrected chi connectivity index (χ0v) is 9.52. The Morgan fingerprint density at radius 1 is 1.40 bits per heavy atom. The van der Waals surface area contributed by atoms with Crippen LogP contribution in [0.1, 0.15) is 25.7 Å². The van der Waals surface area contributed by atoms with Crippen LogP contribution >= 0.6 is 11.8 Å². The quantitative estimate of drug-likeness (QED) is 0.672. The van der Waals surface area contributed by atoms with Crippen LogP contribution in [0.4, 0.5) is 0 Å². The molecule has 1 unspecified atom stereocenters. The SMILES string of the molecule is O=C(O)CCCCNC(=O)C1CCSC1. The minimum absolute atomic E-state index is 0.135. The number of carbonyl (C=O) groups is 2. The largest absolute Gasteiger partial charge is 0.481 e. The maximum absolute atomic E-state index is 11.5. The van der Waals surface area contributed by atoms with E-state index < -0.39 is 5.97 Å². The standard InChI is InChI=1S/C10H17NO3S/c12-9(13)3-1-2-5-11-10(14)8-4-6-15-7-8/h8H,1-7H2,(H,11,14)(H,12,13). The molecule has 0 radical (unpaired) electrons. The maximum Gasteiger partial charge on any atom is 0.303 e. The number of carbonyl (C=O) groups excluding carboxylic acids is 1. The Hall–Kier alpha value is -0.710. The Kier molecular flexibility index (Phi) is 5.53. The highest BCUT2D eigenvalue weighted by Crippen LogP contribution is 2.23. The van der Waals surface area contributed by atoms with Gasteiger partial charge in [-0.05, 0) is 25.0 Å². The Balaban J connectivity index is 1.99. The third kappa shape index (κ3) is 5.06. The first kappa shape index (κ1) is 12.4. The van der Waals surface area contributed by atoms with Gasteiger partial charge in [-0.3, -0.25) is 9.59 Å². The summed E-state index contributed by atoms with van der Waals surface area (Å²) < 4.78 is 0. The minimum Gasteiger partial charge on any atom is -0.481 e. The third-order valence-corrected chi connectivity index (χ3v) is 3.58. The lowest BCUT2D eigenvalue weighted by Crippen LogP contribution is -2.31. The topological polar surface area (TPSA) is 66.4 Å². The normalized spacial score (nSPS) is 20.1. The number of thioether (sulfide) groups is 1. The van der Waals surface area contributed by atoms with Gasteiger partial charge >= 0.3 is 5.97 Å². The van der Waals surface area contributed by atoms with Crippen molar-refractivity contribution in [2.45, 2.75) is 25.7 Å². The van der Waals surface area contributed by atoms with Crippen molar-refractivity contribution in [3.8, 4) is 0 Å². The van der Waals surface area contributed by atoms with Gasteiger partial charge in [0.15, 0.2) is 0 Å². The van der Waals surface area contributed by atoms with Crippen molar-refractivity contribution in [1.29, 1.82) is 0 Å². The Labute approximate surface area is 93.8 Å². The van der Waals surface area contributed by atoms with Gasteiger partial charge < -0.3 is 10.4 Å². The van der Waals surface area contributed by atoms with E-state index in [1.165, 1.54) is 0 Å². The van der Waals surface area contributed by atoms with Crippen molar-refractivity contribution in [3.63, 3.8) is 0 Å². The summed E-state index contributed by atoms with van der Waals surface area (Å²) in [7, 11) is 0. The molecule has 5 heteroatoms. The molecule has 1 fully saturated rings. The number of hydrogen-bond acceptors (Lipinski definition) is 3. The molecule has 0 bridgehead atoms. The van der Waals surface area contributed by atoms with Crippen molar-refractivity contribution < 1.29 is 14.7 Å². The number of aliphatic carboxylic acids is 1. The first-order valence-corrected chi connectivity index (χ1v) is 6.43. The van der Waals surface area contributed by atoms with E-state index in [0.29, 0.717) is 13.0 Å². The van der Waals surface area contributed by atoms with E-state index in [1.807, 2.05) is 11.8 Å². The minimum atomic E-state index is -0.770. The molecule has 0 aromatic carbocycles. The monoisotopic (exact) mass is 231 g/mol. The van der Waals surface area contributed by atoms with E-state index in [2.05, 4.69) is 5.32 Å². The zero-order valence-electron chi connectivity index (χ0n) is 8.70. The number of unbranched alkanes of at least 4 members (excludes halogenated alkanes) is 1. The summed E-state index contributed by atoms with van der Waals surface area (Å²) in [6.45, 7) is 0.604. The molecule has 1 aliphatic rings. The van der Waals surface area contributed by atoms with E-state index in [0.717, 1.165) is 24.3 Å². The Morgan fingerprint density at radius 2 is 2.20 bits per heavy atom. The summed E-state index contributed by atoms with van der Waals surface area (Å²) in [6, 6.07) is 0. The molecule has 1 rings (SSSR count). The molecule has 15 heavy (non-hydrogen) atoms. The molecule has 4 nitrogen and oxygen atoms in total. The highest BCUT2D eigenvalue weighted by molar-refractivity contribution is 7.99. The van der Waals surface area contributed by atoms with E-state index in [9.17, 15) is 9.59 Å². The fourth-order valence-electron chi connectivity index (χ4n) is 1.50. The third-order valence-electron chi connectivity index (χ3n) is 2.42. The van der Waals surface area contributed by atoms with Crippen LogP contribution in [0.2, 0.25) is 0 Å². The van der Waals surface area contributed by atoms with Crippen LogP contribution in [0, 0.1) is 5.92 Å². The summed E-state index contributed by atoms with van der Waals surface area (Å²) in [4.78, 5) is 21.7. The van der Waals surface area contributed by atoms with Gasteiger partial charge in [-0.25, -0.2) is 0 Å². The van der Waals surface area contributed by atoms with Gasteiger partial charge in [0.1, 0.15) is 0 Å². The number of rotatable bonds is 6. The van der Waals surface area contributed by atoms with Crippen LogP contribution in [0.5, 0.6) is 0 Å². The highest BCUT2D eigenvalue weighted by Gasteiger charge is 2.22. The van der Waals surface area contributed by atoms with Crippen LogP contribution in [-0.4, -0.2) is 35.0 Å². The molecule has 1 aliphatic heterocycles. The predicted molar refractivity (Wildman–Crippen MR) is 59.9 cm³/mol. The molecule has 0 aromatic heterocycles. The second-order valence-electron chi connectivity index (χ2n) is 3.70. The Morgan fingerprint density at radius 3 is 2.80 bits per heavy atom. The summed E-state index contributed by atoms with van der Waals surface area (Å²) in [6.07, 6.45) is 2.55. The van der Waals surface area contributed by atoms with Crippen LogP contribution in [0.3, 0.4) is 0 Å². The van der Waals surface area contributed by atoms with E-state index >= 15 is 0 Å². The highest BCUT2D eigenvalue weighted by atomic mass is 32.2. The average molecular weight is 231 g/mol. The second-order valence-corrected chi connectivity index (χ2v) is 4.85. The molecule has 1 saturated heterocycles. The second kappa shape index (κ2) is 6.71. The molecular formula is C10H17NO3S. The summed E-state index contributed by atoms with van der Waals surface area (Å²) >= 11 is 1.82. The van der Waals surface area contributed by atoms with Gasteiger partial charge in [-0.1, -0.05) is 0 Å². The molecule has 0 saturated carbocycles. The van der Waals surface area contributed by atoms with Crippen LogP contribution in [-0.2, 0) is 9.59 Å². The van der Waals surface area contributed by atoms with Gasteiger partial charge in [0.05, 0.1) is 0 Å². The maximum atomic E-state index is 11.5. The molecule has 86 valence electrons. The number of amides is 1. The zero-order chi connectivity index (χ0) is 11.1. The molecule has 1 heterocycles. The molecule has 1 amide bonds. The van der Waals surface area contributed by atoms with Crippen molar-refractivity contribution in [1.82, 2.24) is 5.32 Å².